The van der Waals surface area contributed by atoms with E-state index in [1.54, 1.807) is 14.2 Å². The monoisotopic (exact) mass is 724 g/mol. The van der Waals surface area contributed by atoms with Gasteiger partial charge in [0.2, 0.25) is 0 Å². The molecule has 0 aromatic heterocycles. The molecule has 0 fully saturated rings. The number of ether oxygens (including phenoxy) is 2. The van der Waals surface area contributed by atoms with Crippen LogP contribution in [0, 0.1) is 0 Å². The number of hydrogen-bond acceptors (Lipinski definition) is 4. The summed E-state index contributed by atoms with van der Waals surface area (Å²) in [5.74, 6) is 1.66. The topological polar surface area (TPSA) is 24.9 Å². The standard InChI is InChI=1S/C52H40N2O2/c1-55-47-33-29-45(30-34-47)53(51-15-7-11-41-9-3-5-13-49(41)51)43-25-21-39(22-26-43)37-17-19-38(20-18-37)40-23-27-44(28-24-40)54(46-31-35-48(56-2)36-32-46)52-16-8-12-42-10-4-6-14-50(42)52/h3-36H,1-2H3. The van der Waals surface area contributed by atoms with E-state index < -0.39 is 0 Å². The summed E-state index contributed by atoms with van der Waals surface area (Å²) in [6.07, 6.45) is 0. The second-order valence-corrected chi connectivity index (χ2v) is 13.7. The zero-order chi connectivity index (χ0) is 37.8. The Hall–Kier alpha value is -7.30. The summed E-state index contributed by atoms with van der Waals surface area (Å²) in [5.41, 5.74) is 11.2. The molecule has 9 aromatic carbocycles. The summed E-state index contributed by atoms with van der Waals surface area (Å²) in [6.45, 7) is 0. The van der Waals surface area contributed by atoms with Crippen molar-refractivity contribution in [3.8, 4) is 33.8 Å². The molecule has 56 heavy (non-hydrogen) atoms. The van der Waals surface area contributed by atoms with Gasteiger partial charge in [-0.25, -0.2) is 0 Å². The lowest BCUT2D eigenvalue weighted by Gasteiger charge is -2.27. The maximum Gasteiger partial charge on any atom is 0.119 e. The lowest BCUT2D eigenvalue weighted by atomic mass is 9.99. The Labute approximate surface area is 328 Å². The number of benzene rings is 9. The smallest absolute Gasteiger partial charge is 0.119 e. The molecule has 270 valence electrons. The van der Waals surface area contributed by atoms with E-state index in [0.29, 0.717) is 0 Å². The second-order valence-electron chi connectivity index (χ2n) is 13.7. The summed E-state index contributed by atoms with van der Waals surface area (Å²) in [6, 6.07) is 73.0. The fourth-order valence-electron chi connectivity index (χ4n) is 7.58. The van der Waals surface area contributed by atoms with E-state index in [1.165, 1.54) is 32.7 Å². The molecule has 0 saturated heterocycles. The average molecular weight is 725 g/mol. The van der Waals surface area contributed by atoms with Crippen LogP contribution >= 0.6 is 0 Å². The van der Waals surface area contributed by atoms with Crippen LogP contribution in [0.5, 0.6) is 11.5 Å². The van der Waals surface area contributed by atoms with Crippen LogP contribution in [0.4, 0.5) is 34.1 Å². The van der Waals surface area contributed by atoms with Crippen LogP contribution in [0.3, 0.4) is 0 Å². The predicted molar refractivity (Wildman–Crippen MR) is 235 cm³/mol. The van der Waals surface area contributed by atoms with Gasteiger partial charge in [-0.3, -0.25) is 0 Å². The van der Waals surface area contributed by atoms with E-state index in [9.17, 15) is 0 Å². The summed E-state index contributed by atoms with van der Waals surface area (Å²) in [4.78, 5) is 4.63. The summed E-state index contributed by atoms with van der Waals surface area (Å²) in [7, 11) is 3.40. The van der Waals surface area contributed by atoms with Crippen molar-refractivity contribution >= 4 is 55.7 Å². The Kier molecular flexibility index (Phi) is 9.36. The molecular weight excluding hydrogens is 685 g/mol. The molecule has 0 aliphatic rings. The van der Waals surface area contributed by atoms with Crippen LogP contribution < -0.4 is 19.3 Å². The highest BCUT2D eigenvalue weighted by molar-refractivity contribution is 6.00. The van der Waals surface area contributed by atoms with Crippen molar-refractivity contribution in [2.24, 2.45) is 0 Å². The Morgan fingerprint density at radius 3 is 0.911 bits per heavy atom. The molecule has 0 amide bonds. The molecule has 0 bridgehead atoms. The third-order valence-corrected chi connectivity index (χ3v) is 10.5. The van der Waals surface area contributed by atoms with Crippen LogP contribution in [0.25, 0.3) is 43.8 Å². The average Bonchev–Trinajstić information content (AvgIpc) is 3.28. The molecule has 0 heterocycles. The number of nitrogens with zero attached hydrogens (tertiary/aromatic N) is 2. The minimum Gasteiger partial charge on any atom is -0.497 e. The van der Waals surface area contributed by atoms with E-state index >= 15 is 0 Å². The Bertz CT molecular complexity index is 2540. The minimum absolute atomic E-state index is 0.831. The molecule has 0 saturated carbocycles. The molecule has 4 heteroatoms. The first-order chi connectivity index (χ1) is 27.7. The van der Waals surface area contributed by atoms with E-state index in [4.69, 9.17) is 9.47 Å². The van der Waals surface area contributed by atoms with E-state index in [-0.39, 0.29) is 0 Å². The van der Waals surface area contributed by atoms with Gasteiger partial charge in [0.15, 0.2) is 0 Å². The number of rotatable bonds is 10. The third kappa shape index (κ3) is 6.69. The molecule has 0 spiro atoms. The van der Waals surface area contributed by atoms with Crippen LogP contribution in [-0.2, 0) is 0 Å². The third-order valence-electron chi connectivity index (χ3n) is 10.5. The van der Waals surface area contributed by atoms with Crippen molar-refractivity contribution < 1.29 is 9.47 Å². The van der Waals surface area contributed by atoms with Gasteiger partial charge in [0.1, 0.15) is 11.5 Å². The highest BCUT2D eigenvalue weighted by atomic mass is 16.5. The Morgan fingerprint density at radius 2 is 0.571 bits per heavy atom. The van der Waals surface area contributed by atoms with E-state index in [1.807, 2.05) is 24.3 Å². The SMILES string of the molecule is COc1ccc(N(c2ccc(-c3ccc(-c4ccc(N(c5ccc(OC)cc5)c5cccc6ccccc56)cc4)cc3)cc2)c2cccc3ccccc23)cc1. The minimum atomic E-state index is 0.831. The molecule has 9 aromatic rings. The van der Waals surface area contributed by atoms with Gasteiger partial charge in [-0.2, -0.15) is 0 Å². The van der Waals surface area contributed by atoms with Gasteiger partial charge >= 0.3 is 0 Å². The fourth-order valence-corrected chi connectivity index (χ4v) is 7.58. The quantitative estimate of drug-likeness (QED) is 0.140. The van der Waals surface area contributed by atoms with Crippen molar-refractivity contribution in [2.75, 3.05) is 24.0 Å². The number of fused-ring (bicyclic) bond motifs is 2. The van der Waals surface area contributed by atoms with Gasteiger partial charge in [-0.1, -0.05) is 121 Å². The van der Waals surface area contributed by atoms with Crippen molar-refractivity contribution in [2.45, 2.75) is 0 Å². The van der Waals surface area contributed by atoms with Gasteiger partial charge in [0.05, 0.1) is 25.6 Å². The molecular formula is C52H40N2O2. The number of anilines is 6. The predicted octanol–water partition coefficient (Wildman–Crippen LogP) is 14.3. The van der Waals surface area contributed by atoms with E-state index in [2.05, 4.69) is 192 Å². The number of methoxy groups -OCH3 is 2. The van der Waals surface area contributed by atoms with Crippen molar-refractivity contribution in [1.82, 2.24) is 0 Å². The fraction of sp³-hybridized carbons (Fsp3) is 0.0385. The van der Waals surface area contributed by atoms with Crippen LogP contribution in [-0.4, -0.2) is 14.2 Å². The normalized spacial score (nSPS) is 11.0. The number of hydrogen-bond donors (Lipinski definition) is 0. The molecule has 0 aliphatic heterocycles. The zero-order valence-corrected chi connectivity index (χ0v) is 31.3. The van der Waals surface area contributed by atoms with Crippen molar-refractivity contribution in [1.29, 1.82) is 0 Å². The van der Waals surface area contributed by atoms with Gasteiger partial charge in [0.25, 0.3) is 0 Å². The molecule has 0 radical (unpaired) electrons. The van der Waals surface area contributed by atoms with Crippen molar-refractivity contribution in [3.05, 3.63) is 206 Å². The maximum absolute atomic E-state index is 5.48. The molecule has 0 N–H and O–H groups in total. The van der Waals surface area contributed by atoms with E-state index in [0.717, 1.165) is 56.8 Å². The van der Waals surface area contributed by atoms with Crippen LogP contribution in [0.2, 0.25) is 0 Å². The van der Waals surface area contributed by atoms with Gasteiger partial charge in [-0.15, -0.1) is 0 Å². The van der Waals surface area contributed by atoms with Gasteiger partial charge in [0, 0.05) is 33.5 Å². The summed E-state index contributed by atoms with van der Waals surface area (Å²) >= 11 is 0. The highest BCUT2D eigenvalue weighted by Gasteiger charge is 2.17. The molecule has 4 nitrogen and oxygen atoms in total. The van der Waals surface area contributed by atoms with Crippen LogP contribution in [0.15, 0.2) is 206 Å². The maximum atomic E-state index is 5.48. The Balaban J connectivity index is 1.00. The lowest BCUT2D eigenvalue weighted by molar-refractivity contribution is 0.414. The summed E-state index contributed by atoms with van der Waals surface area (Å²) < 4.78 is 11.0. The van der Waals surface area contributed by atoms with Crippen LogP contribution in [0.1, 0.15) is 0 Å². The summed E-state index contributed by atoms with van der Waals surface area (Å²) in [5, 5.41) is 4.80. The molecule has 9 rings (SSSR count). The van der Waals surface area contributed by atoms with Crippen molar-refractivity contribution in [3.63, 3.8) is 0 Å². The second kappa shape index (κ2) is 15.2. The first-order valence-electron chi connectivity index (χ1n) is 18.8. The van der Waals surface area contributed by atoms with Gasteiger partial charge in [-0.05, 0) is 118 Å². The Morgan fingerprint density at radius 1 is 0.286 bits per heavy atom. The largest absolute Gasteiger partial charge is 0.497 e. The molecule has 0 unspecified atom stereocenters. The first-order valence-corrected chi connectivity index (χ1v) is 18.8. The zero-order valence-electron chi connectivity index (χ0n) is 31.3. The molecule has 0 aliphatic carbocycles. The lowest BCUT2D eigenvalue weighted by Crippen LogP contribution is -2.10. The highest BCUT2D eigenvalue weighted by Crippen LogP contribution is 2.42. The first kappa shape index (κ1) is 34.5. The van der Waals surface area contributed by atoms with Gasteiger partial charge < -0.3 is 19.3 Å². The molecule has 0 atom stereocenters.